The zero-order chi connectivity index (χ0) is 11.6. The lowest BCUT2D eigenvalue weighted by Crippen LogP contribution is -2.59. The van der Waals surface area contributed by atoms with E-state index in [1.807, 2.05) is 14.0 Å². The van der Waals surface area contributed by atoms with E-state index in [0.717, 1.165) is 0 Å². The molecule has 0 bridgehead atoms. The first-order valence-corrected chi connectivity index (χ1v) is 5.19. The summed E-state index contributed by atoms with van der Waals surface area (Å²) in [5.74, 6) is 0.0320. The van der Waals surface area contributed by atoms with Crippen molar-refractivity contribution < 1.29 is 9.59 Å². The van der Waals surface area contributed by atoms with Crippen molar-refractivity contribution in [2.75, 3.05) is 27.2 Å². The Hall–Kier alpha value is -1.10. The van der Waals surface area contributed by atoms with Gasteiger partial charge in [0.15, 0.2) is 0 Å². The van der Waals surface area contributed by atoms with Crippen molar-refractivity contribution in [1.82, 2.24) is 15.1 Å². The predicted octanol–water partition coefficient (Wildman–Crippen LogP) is -0.717. The normalized spacial score (nSPS) is 24.7. The first-order chi connectivity index (χ1) is 6.97. The Morgan fingerprint density at radius 1 is 1.53 bits per heavy atom. The van der Waals surface area contributed by atoms with Crippen molar-refractivity contribution in [1.29, 1.82) is 0 Å². The average Bonchev–Trinajstić information content (AvgIpc) is 2.21. The van der Waals surface area contributed by atoms with Crippen LogP contribution in [0.3, 0.4) is 0 Å². The molecule has 5 heteroatoms. The number of hydrogen-bond donors (Lipinski definition) is 1. The van der Waals surface area contributed by atoms with Crippen molar-refractivity contribution in [2.45, 2.75) is 25.9 Å². The maximum absolute atomic E-state index is 11.7. The van der Waals surface area contributed by atoms with Crippen LogP contribution >= 0.6 is 0 Å². The number of amides is 2. The minimum Gasteiger partial charge on any atom is -0.335 e. The lowest BCUT2D eigenvalue weighted by molar-refractivity contribution is -0.153. The first kappa shape index (κ1) is 12.0. The van der Waals surface area contributed by atoms with Crippen LogP contribution in [0.25, 0.3) is 0 Å². The van der Waals surface area contributed by atoms with E-state index in [9.17, 15) is 9.59 Å². The van der Waals surface area contributed by atoms with Gasteiger partial charge in [-0.25, -0.2) is 0 Å². The molecule has 0 aromatic rings. The van der Waals surface area contributed by atoms with E-state index < -0.39 is 0 Å². The van der Waals surface area contributed by atoms with E-state index in [1.165, 1.54) is 4.90 Å². The molecule has 1 heterocycles. The van der Waals surface area contributed by atoms with Gasteiger partial charge in [0, 0.05) is 19.6 Å². The fourth-order valence-electron chi connectivity index (χ4n) is 1.69. The van der Waals surface area contributed by atoms with Gasteiger partial charge in [0.25, 0.3) is 0 Å². The number of likely N-dealkylation sites (N-methyl/N-ethyl adjacent to an activating group) is 2. The summed E-state index contributed by atoms with van der Waals surface area (Å²) in [5.41, 5.74) is 0. The third-order valence-corrected chi connectivity index (χ3v) is 2.86. The molecule has 1 aliphatic rings. The number of carbonyl (C=O) groups excluding carboxylic acids is 2. The number of nitrogens with one attached hydrogen (secondary N) is 1. The highest BCUT2D eigenvalue weighted by Gasteiger charge is 2.34. The highest BCUT2D eigenvalue weighted by molar-refractivity contribution is 5.94. The molecule has 15 heavy (non-hydrogen) atoms. The van der Waals surface area contributed by atoms with E-state index in [2.05, 4.69) is 5.32 Å². The molecule has 5 nitrogen and oxygen atoms in total. The monoisotopic (exact) mass is 213 g/mol. The van der Waals surface area contributed by atoms with Gasteiger partial charge < -0.3 is 15.1 Å². The van der Waals surface area contributed by atoms with Crippen LogP contribution in [0, 0.1) is 0 Å². The molecular weight excluding hydrogens is 194 g/mol. The van der Waals surface area contributed by atoms with Gasteiger partial charge in [0.2, 0.25) is 11.8 Å². The molecule has 0 aromatic heterocycles. The molecule has 1 aliphatic heterocycles. The summed E-state index contributed by atoms with van der Waals surface area (Å²) in [6.07, 6.45) is 0. The van der Waals surface area contributed by atoms with Gasteiger partial charge in [-0.3, -0.25) is 9.59 Å². The van der Waals surface area contributed by atoms with Crippen molar-refractivity contribution in [2.24, 2.45) is 0 Å². The van der Waals surface area contributed by atoms with Gasteiger partial charge in [-0.15, -0.1) is 0 Å². The smallest absolute Gasteiger partial charge is 0.245 e. The van der Waals surface area contributed by atoms with E-state index in [0.29, 0.717) is 6.54 Å². The van der Waals surface area contributed by atoms with Crippen LogP contribution in [0.5, 0.6) is 0 Å². The van der Waals surface area contributed by atoms with Crippen LogP contribution in [0.1, 0.15) is 13.8 Å². The SMILES string of the molecule is CNC(C)CN1C(=O)CN(C)C(=O)C1C. The Morgan fingerprint density at radius 2 is 2.13 bits per heavy atom. The van der Waals surface area contributed by atoms with Crippen molar-refractivity contribution >= 4 is 11.8 Å². The second-order valence-corrected chi connectivity index (χ2v) is 4.11. The molecule has 0 saturated carbocycles. The number of piperazine rings is 1. The van der Waals surface area contributed by atoms with Gasteiger partial charge in [-0.2, -0.15) is 0 Å². The van der Waals surface area contributed by atoms with Crippen LogP contribution in [0.4, 0.5) is 0 Å². The second kappa shape index (κ2) is 4.61. The predicted molar refractivity (Wildman–Crippen MR) is 57.3 cm³/mol. The van der Waals surface area contributed by atoms with Crippen LogP contribution < -0.4 is 5.32 Å². The van der Waals surface area contributed by atoms with E-state index in [4.69, 9.17) is 0 Å². The zero-order valence-corrected chi connectivity index (χ0v) is 9.78. The fourth-order valence-corrected chi connectivity index (χ4v) is 1.69. The van der Waals surface area contributed by atoms with Gasteiger partial charge in [-0.1, -0.05) is 0 Å². The largest absolute Gasteiger partial charge is 0.335 e. The third kappa shape index (κ3) is 2.47. The van der Waals surface area contributed by atoms with Gasteiger partial charge in [0.05, 0.1) is 6.54 Å². The summed E-state index contributed by atoms with van der Waals surface area (Å²) in [5, 5.41) is 3.06. The highest BCUT2D eigenvalue weighted by atomic mass is 16.2. The van der Waals surface area contributed by atoms with Crippen molar-refractivity contribution in [3.8, 4) is 0 Å². The Labute approximate surface area is 90.4 Å². The van der Waals surface area contributed by atoms with Gasteiger partial charge >= 0.3 is 0 Å². The standard InChI is InChI=1S/C10H19N3O2/c1-7(11-3)5-13-8(2)10(15)12(4)6-9(13)14/h7-8,11H,5-6H2,1-4H3. The number of nitrogens with zero attached hydrogens (tertiary/aromatic N) is 2. The maximum Gasteiger partial charge on any atom is 0.245 e. The van der Waals surface area contributed by atoms with E-state index in [1.54, 1.807) is 18.9 Å². The molecule has 1 saturated heterocycles. The molecule has 0 spiro atoms. The lowest BCUT2D eigenvalue weighted by atomic mass is 10.1. The highest BCUT2D eigenvalue weighted by Crippen LogP contribution is 2.11. The quantitative estimate of drug-likeness (QED) is 0.673. The van der Waals surface area contributed by atoms with Crippen molar-refractivity contribution in [3.05, 3.63) is 0 Å². The summed E-state index contributed by atoms with van der Waals surface area (Å²) in [4.78, 5) is 26.5. The molecule has 1 fully saturated rings. The zero-order valence-electron chi connectivity index (χ0n) is 9.78. The Kier molecular flexibility index (Phi) is 3.68. The maximum atomic E-state index is 11.7. The lowest BCUT2D eigenvalue weighted by Gasteiger charge is -2.38. The number of rotatable bonds is 3. The second-order valence-electron chi connectivity index (χ2n) is 4.11. The molecule has 0 aliphatic carbocycles. The Balaban J connectivity index is 2.70. The summed E-state index contributed by atoms with van der Waals surface area (Å²) >= 11 is 0. The number of hydrogen-bond acceptors (Lipinski definition) is 3. The van der Waals surface area contributed by atoms with Crippen LogP contribution in [0.2, 0.25) is 0 Å². The fraction of sp³-hybridized carbons (Fsp3) is 0.800. The van der Waals surface area contributed by atoms with Crippen LogP contribution in [0.15, 0.2) is 0 Å². The molecule has 2 amide bonds. The Bertz CT molecular complexity index is 267. The summed E-state index contributed by atoms with van der Waals surface area (Å²) in [6, 6.07) is -0.139. The van der Waals surface area contributed by atoms with Gasteiger partial charge in [-0.05, 0) is 20.9 Å². The molecule has 86 valence electrons. The molecule has 2 unspecified atom stereocenters. The minimum atomic E-state index is -0.341. The van der Waals surface area contributed by atoms with E-state index >= 15 is 0 Å². The Morgan fingerprint density at radius 3 is 2.67 bits per heavy atom. The molecule has 2 atom stereocenters. The van der Waals surface area contributed by atoms with E-state index in [-0.39, 0.29) is 30.4 Å². The molecule has 1 rings (SSSR count). The first-order valence-electron chi connectivity index (χ1n) is 5.19. The number of carbonyl (C=O) groups is 2. The van der Waals surface area contributed by atoms with Gasteiger partial charge in [0.1, 0.15) is 6.04 Å². The molecular formula is C10H19N3O2. The average molecular weight is 213 g/mol. The minimum absolute atomic E-state index is 0.0119. The molecule has 1 N–H and O–H groups in total. The summed E-state index contributed by atoms with van der Waals surface area (Å²) in [6.45, 7) is 4.54. The summed E-state index contributed by atoms with van der Waals surface area (Å²) < 4.78 is 0. The van der Waals surface area contributed by atoms with Crippen molar-refractivity contribution in [3.63, 3.8) is 0 Å². The van der Waals surface area contributed by atoms with Crippen LogP contribution in [-0.2, 0) is 9.59 Å². The topological polar surface area (TPSA) is 52.7 Å². The molecule has 0 aromatic carbocycles. The third-order valence-electron chi connectivity index (χ3n) is 2.86. The summed E-state index contributed by atoms with van der Waals surface area (Å²) in [7, 11) is 3.51. The van der Waals surface area contributed by atoms with Crippen LogP contribution in [-0.4, -0.2) is 60.9 Å². The molecule has 0 radical (unpaired) electrons.